The Balaban J connectivity index is 1.56. The molecule has 1 amide bonds. The number of rotatable bonds is 12. The van der Waals surface area contributed by atoms with Crippen LogP contribution in [0.4, 0.5) is 4.79 Å². The summed E-state index contributed by atoms with van der Waals surface area (Å²) in [5.74, 6) is 0.718. The predicted octanol–water partition coefficient (Wildman–Crippen LogP) is 9.12. The van der Waals surface area contributed by atoms with E-state index in [1.54, 1.807) is 0 Å². The van der Waals surface area contributed by atoms with Gasteiger partial charge >= 0.3 is 6.09 Å². The van der Waals surface area contributed by atoms with E-state index in [4.69, 9.17) is 18.8 Å². The van der Waals surface area contributed by atoms with E-state index >= 15 is 0 Å². The highest BCUT2D eigenvalue weighted by Gasteiger charge is 2.38. The number of benzene rings is 1. The molecule has 2 N–H and O–H groups in total. The minimum atomic E-state index is -1.92. The molecule has 0 bridgehead atoms. The van der Waals surface area contributed by atoms with E-state index in [1.807, 2.05) is 59.4 Å². The number of carboxylic acid groups (broad SMARTS) is 1. The zero-order valence-electron chi connectivity index (χ0n) is 29.1. The summed E-state index contributed by atoms with van der Waals surface area (Å²) in [7, 11) is -3.80. The van der Waals surface area contributed by atoms with Gasteiger partial charge in [-0.05, 0) is 79.4 Å². The molecule has 0 aliphatic carbocycles. The first kappa shape index (κ1) is 35.5. The summed E-state index contributed by atoms with van der Waals surface area (Å²) < 4.78 is 14.6. The molecule has 0 spiro atoms. The highest BCUT2D eigenvalue weighted by Crippen LogP contribution is 2.38. The normalized spacial score (nSPS) is 13.6. The van der Waals surface area contributed by atoms with Crippen LogP contribution in [0.5, 0.6) is 0 Å². The van der Waals surface area contributed by atoms with E-state index < -0.39 is 28.8 Å². The third-order valence-electron chi connectivity index (χ3n) is 9.59. The molecular formula is C35H51N5O4Si2. The number of carbonyl (C=O) groups is 1. The van der Waals surface area contributed by atoms with Crippen molar-refractivity contribution in [3.63, 3.8) is 0 Å². The van der Waals surface area contributed by atoms with Crippen LogP contribution in [0, 0.1) is 0 Å². The molecule has 3 aromatic heterocycles. The van der Waals surface area contributed by atoms with Crippen LogP contribution in [-0.2, 0) is 15.5 Å². The van der Waals surface area contributed by atoms with Gasteiger partial charge in [-0.2, -0.15) is 5.10 Å². The summed E-state index contributed by atoms with van der Waals surface area (Å²) in [4.78, 5) is 21.5. The SMILES string of the molecule is CC(C)(C)[Si](C)(C)OCCCC(NC(=O)O)c1cccc(-c2ccc3cnn(-c4cccc(CO[Si](C)(C)C(C)(C)C)n4)c3c2)n1. The fourth-order valence-electron chi connectivity index (χ4n) is 4.58. The third-order valence-corrected chi connectivity index (χ3v) is 18.6. The van der Waals surface area contributed by atoms with Crippen LogP contribution < -0.4 is 5.32 Å². The molecule has 0 radical (unpaired) electrons. The lowest BCUT2D eigenvalue weighted by Gasteiger charge is -2.36. The summed E-state index contributed by atoms with van der Waals surface area (Å²) in [6.45, 7) is 23.3. The van der Waals surface area contributed by atoms with Crippen LogP contribution in [0.1, 0.15) is 71.8 Å². The molecule has 0 fully saturated rings. The van der Waals surface area contributed by atoms with Crippen molar-refractivity contribution in [1.29, 1.82) is 0 Å². The summed E-state index contributed by atoms with van der Waals surface area (Å²) in [5.41, 5.74) is 4.11. The Morgan fingerprint density at radius 2 is 1.59 bits per heavy atom. The van der Waals surface area contributed by atoms with Gasteiger partial charge in [0.2, 0.25) is 0 Å². The van der Waals surface area contributed by atoms with Gasteiger partial charge in [-0.15, -0.1) is 0 Å². The number of hydrogen-bond donors (Lipinski definition) is 2. The van der Waals surface area contributed by atoms with Gasteiger partial charge in [0.15, 0.2) is 22.5 Å². The monoisotopic (exact) mass is 661 g/mol. The van der Waals surface area contributed by atoms with Crippen molar-refractivity contribution < 1.29 is 18.8 Å². The van der Waals surface area contributed by atoms with Crippen molar-refractivity contribution in [2.24, 2.45) is 0 Å². The molecule has 0 saturated heterocycles. The molecule has 0 aliphatic rings. The van der Waals surface area contributed by atoms with Crippen molar-refractivity contribution in [3.8, 4) is 17.1 Å². The third kappa shape index (κ3) is 8.50. The maximum Gasteiger partial charge on any atom is 0.405 e. The molecule has 0 saturated carbocycles. The summed E-state index contributed by atoms with van der Waals surface area (Å²) in [6.07, 6.45) is 2.07. The fraction of sp³-hybridized carbons (Fsp3) is 0.486. The molecule has 11 heteroatoms. The van der Waals surface area contributed by atoms with E-state index in [-0.39, 0.29) is 10.1 Å². The van der Waals surface area contributed by atoms with Gasteiger partial charge in [0, 0.05) is 17.6 Å². The lowest BCUT2D eigenvalue weighted by atomic mass is 10.0. The molecule has 1 aromatic carbocycles. The first-order valence-corrected chi connectivity index (χ1v) is 21.9. The number of fused-ring (bicyclic) bond motifs is 1. The number of hydrogen-bond acceptors (Lipinski definition) is 6. The van der Waals surface area contributed by atoms with Crippen molar-refractivity contribution in [3.05, 3.63) is 72.2 Å². The van der Waals surface area contributed by atoms with Crippen LogP contribution in [0.25, 0.3) is 28.0 Å². The number of nitrogens with one attached hydrogen (secondary N) is 1. The van der Waals surface area contributed by atoms with E-state index in [9.17, 15) is 9.90 Å². The van der Waals surface area contributed by atoms with Crippen molar-refractivity contribution in [2.45, 2.75) is 103 Å². The first-order chi connectivity index (χ1) is 21.4. The van der Waals surface area contributed by atoms with Gasteiger partial charge in [-0.1, -0.05) is 65.8 Å². The zero-order valence-corrected chi connectivity index (χ0v) is 31.1. The summed E-state index contributed by atoms with van der Waals surface area (Å²) in [5, 5.41) is 18.2. The van der Waals surface area contributed by atoms with Crippen LogP contribution in [0.3, 0.4) is 0 Å². The van der Waals surface area contributed by atoms with E-state index in [0.29, 0.717) is 25.3 Å². The zero-order chi connectivity index (χ0) is 33.9. The van der Waals surface area contributed by atoms with E-state index in [1.165, 1.54) is 0 Å². The van der Waals surface area contributed by atoms with Gasteiger partial charge in [-0.25, -0.2) is 14.5 Å². The predicted molar refractivity (Wildman–Crippen MR) is 190 cm³/mol. The molecule has 3 heterocycles. The van der Waals surface area contributed by atoms with Gasteiger partial charge in [-0.3, -0.25) is 4.98 Å². The minimum absolute atomic E-state index is 0.118. The van der Waals surface area contributed by atoms with Crippen molar-refractivity contribution in [2.75, 3.05) is 6.61 Å². The molecule has 1 unspecified atom stereocenters. The molecule has 0 aliphatic heterocycles. The van der Waals surface area contributed by atoms with Gasteiger partial charge < -0.3 is 19.3 Å². The first-order valence-electron chi connectivity index (χ1n) is 16.1. The molecule has 4 aromatic rings. The van der Waals surface area contributed by atoms with Crippen LogP contribution in [-0.4, -0.2) is 54.2 Å². The Labute approximate surface area is 276 Å². The average Bonchev–Trinajstić information content (AvgIpc) is 3.40. The minimum Gasteiger partial charge on any atom is -0.465 e. The quantitative estimate of drug-likeness (QED) is 0.115. The fourth-order valence-corrected chi connectivity index (χ4v) is 6.61. The largest absolute Gasteiger partial charge is 0.465 e. The summed E-state index contributed by atoms with van der Waals surface area (Å²) in [6, 6.07) is 17.3. The van der Waals surface area contributed by atoms with Gasteiger partial charge in [0.1, 0.15) is 0 Å². The number of nitrogens with zero attached hydrogens (tertiary/aromatic N) is 4. The Bertz CT molecular complexity index is 1660. The van der Waals surface area contributed by atoms with E-state index in [2.05, 4.69) is 84.2 Å². The molecule has 4 rings (SSSR count). The number of aromatic nitrogens is 4. The van der Waals surface area contributed by atoms with Crippen LogP contribution in [0.15, 0.2) is 60.8 Å². The second-order valence-corrected chi connectivity index (χ2v) is 24.7. The van der Waals surface area contributed by atoms with Gasteiger partial charge in [0.25, 0.3) is 0 Å². The van der Waals surface area contributed by atoms with Crippen molar-refractivity contribution >= 4 is 33.6 Å². The lowest BCUT2D eigenvalue weighted by molar-refractivity contribution is 0.187. The van der Waals surface area contributed by atoms with Gasteiger partial charge in [0.05, 0.1) is 41.4 Å². The lowest BCUT2D eigenvalue weighted by Crippen LogP contribution is -2.41. The maximum absolute atomic E-state index is 11.7. The second kappa shape index (κ2) is 13.8. The smallest absolute Gasteiger partial charge is 0.405 e. The molecule has 46 heavy (non-hydrogen) atoms. The van der Waals surface area contributed by atoms with Crippen LogP contribution >= 0.6 is 0 Å². The highest BCUT2D eigenvalue weighted by atomic mass is 28.4. The standard InChI is InChI=1S/C35H51N5O4Si2/c1-34(2,3)45(7,8)43-21-13-17-30(39-33(41)42)29-16-12-15-28(38-29)25-19-20-26-23-36-40(31(26)22-25)32-18-11-14-27(37-32)24-44-46(9,10)35(4,5)6/h11-12,14-16,18-20,22-23,30,39H,13,17,21,24H2,1-10H3,(H,41,42). The summed E-state index contributed by atoms with van der Waals surface area (Å²) >= 11 is 0. The van der Waals surface area contributed by atoms with Crippen LogP contribution in [0.2, 0.25) is 36.3 Å². The topological polar surface area (TPSA) is 111 Å². The Hall–Kier alpha value is -3.39. The molecule has 248 valence electrons. The average molecular weight is 662 g/mol. The maximum atomic E-state index is 11.7. The molecule has 1 atom stereocenters. The Morgan fingerprint density at radius 3 is 2.26 bits per heavy atom. The molecular weight excluding hydrogens is 611 g/mol. The number of pyridine rings is 2. The Morgan fingerprint density at radius 1 is 0.913 bits per heavy atom. The Kier molecular flexibility index (Phi) is 10.6. The number of amides is 1. The van der Waals surface area contributed by atoms with Crippen molar-refractivity contribution in [1.82, 2.24) is 25.1 Å². The molecule has 9 nitrogen and oxygen atoms in total. The second-order valence-electron chi connectivity index (χ2n) is 15.1. The highest BCUT2D eigenvalue weighted by molar-refractivity contribution is 6.74. The van der Waals surface area contributed by atoms with E-state index in [0.717, 1.165) is 40.1 Å².